The molecular formula is C17H13F2NO4. The summed E-state index contributed by atoms with van der Waals surface area (Å²) in [5.74, 6) is -2.81. The molecule has 0 spiro atoms. The zero-order valence-electron chi connectivity index (χ0n) is 12.3. The lowest BCUT2D eigenvalue weighted by molar-refractivity contribution is 0.0518. The summed E-state index contributed by atoms with van der Waals surface area (Å²) in [6, 6.07) is 7.70. The molecular weight excluding hydrogens is 320 g/mol. The van der Waals surface area contributed by atoms with Crippen molar-refractivity contribution in [3.05, 3.63) is 83.7 Å². The molecule has 0 bridgehead atoms. The molecule has 2 aromatic heterocycles. The van der Waals surface area contributed by atoms with Crippen LogP contribution in [0.4, 0.5) is 8.78 Å². The minimum Gasteiger partial charge on any atom is -0.472 e. The van der Waals surface area contributed by atoms with Gasteiger partial charge in [0.15, 0.2) is 5.60 Å². The van der Waals surface area contributed by atoms with Crippen LogP contribution in [0.1, 0.15) is 21.7 Å². The average molecular weight is 333 g/mol. The molecule has 0 saturated heterocycles. The maximum absolute atomic E-state index is 13.7. The van der Waals surface area contributed by atoms with Crippen molar-refractivity contribution in [2.75, 3.05) is 6.54 Å². The molecule has 3 rings (SSSR count). The van der Waals surface area contributed by atoms with Crippen LogP contribution in [0.5, 0.6) is 0 Å². The van der Waals surface area contributed by atoms with E-state index in [2.05, 4.69) is 5.32 Å². The maximum atomic E-state index is 13.7. The predicted octanol–water partition coefficient (Wildman–Crippen LogP) is 2.82. The first-order valence-electron chi connectivity index (χ1n) is 7.03. The van der Waals surface area contributed by atoms with Crippen LogP contribution in [0.15, 0.2) is 64.0 Å². The SMILES string of the molecule is O=C(NC[C@](O)(c1ccoc1)c1ccco1)c1c(F)cccc1F. The number of aliphatic hydroxyl groups is 1. The molecule has 0 aliphatic rings. The fraction of sp³-hybridized carbons (Fsp3) is 0.118. The van der Waals surface area contributed by atoms with Crippen LogP contribution in [0.25, 0.3) is 0 Å². The van der Waals surface area contributed by atoms with E-state index >= 15 is 0 Å². The number of nitrogens with one attached hydrogen (secondary N) is 1. The molecule has 1 aromatic carbocycles. The highest BCUT2D eigenvalue weighted by molar-refractivity contribution is 5.94. The van der Waals surface area contributed by atoms with Crippen LogP contribution in [0, 0.1) is 11.6 Å². The van der Waals surface area contributed by atoms with E-state index < -0.39 is 28.7 Å². The Morgan fingerprint density at radius 2 is 1.88 bits per heavy atom. The van der Waals surface area contributed by atoms with Crippen LogP contribution < -0.4 is 5.32 Å². The van der Waals surface area contributed by atoms with Gasteiger partial charge in [0.05, 0.1) is 25.3 Å². The van der Waals surface area contributed by atoms with Crippen molar-refractivity contribution in [3.63, 3.8) is 0 Å². The van der Waals surface area contributed by atoms with Crippen LogP contribution in [0.2, 0.25) is 0 Å². The van der Waals surface area contributed by atoms with Gasteiger partial charge in [-0.3, -0.25) is 4.79 Å². The quantitative estimate of drug-likeness (QED) is 0.753. The summed E-state index contributed by atoms with van der Waals surface area (Å²) in [6.07, 6.45) is 4.00. The van der Waals surface area contributed by atoms with Crippen LogP contribution in [0.3, 0.4) is 0 Å². The number of amides is 1. The van der Waals surface area contributed by atoms with E-state index in [0.29, 0.717) is 5.56 Å². The van der Waals surface area contributed by atoms with E-state index in [1.54, 1.807) is 6.07 Å². The summed E-state index contributed by atoms with van der Waals surface area (Å²) in [6.45, 7) is -0.368. The van der Waals surface area contributed by atoms with E-state index in [1.807, 2.05) is 0 Å². The third-order valence-electron chi connectivity index (χ3n) is 3.62. The highest BCUT2D eigenvalue weighted by Crippen LogP contribution is 2.30. The summed E-state index contributed by atoms with van der Waals surface area (Å²) in [5, 5.41) is 13.2. The summed E-state index contributed by atoms with van der Waals surface area (Å²) in [5.41, 5.74) is -2.13. The van der Waals surface area contributed by atoms with Crippen LogP contribution in [-0.2, 0) is 5.60 Å². The Balaban J connectivity index is 1.86. The van der Waals surface area contributed by atoms with E-state index in [1.165, 1.54) is 30.9 Å². The first-order valence-corrected chi connectivity index (χ1v) is 7.03. The first kappa shape index (κ1) is 15.9. The minimum absolute atomic E-state index is 0.151. The Morgan fingerprint density at radius 1 is 1.12 bits per heavy atom. The number of carbonyl (C=O) groups excluding carboxylic acids is 1. The third-order valence-corrected chi connectivity index (χ3v) is 3.62. The Labute approximate surface area is 135 Å². The largest absolute Gasteiger partial charge is 0.472 e. The normalized spacial score (nSPS) is 13.5. The monoisotopic (exact) mass is 333 g/mol. The van der Waals surface area contributed by atoms with Gasteiger partial charge in [0.25, 0.3) is 5.91 Å². The van der Waals surface area contributed by atoms with Gasteiger partial charge in [-0.15, -0.1) is 0 Å². The van der Waals surface area contributed by atoms with Gasteiger partial charge in [0.1, 0.15) is 23.0 Å². The fourth-order valence-electron chi connectivity index (χ4n) is 2.36. The zero-order chi connectivity index (χ0) is 17.2. The Hall–Kier alpha value is -2.93. The number of furan rings is 2. The molecule has 0 saturated carbocycles. The average Bonchev–Trinajstić information content (AvgIpc) is 3.25. The lowest BCUT2D eigenvalue weighted by atomic mass is 9.93. The van der Waals surface area contributed by atoms with Gasteiger partial charge in [-0.2, -0.15) is 0 Å². The molecule has 1 amide bonds. The summed E-state index contributed by atoms with van der Waals surface area (Å²) in [7, 11) is 0. The van der Waals surface area contributed by atoms with Crippen molar-refractivity contribution in [1.29, 1.82) is 0 Å². The lowest BCUT2D eigenvalue weighted by Crippen LogP contribution is -2.41. The molecule has 0 fully saturated rings. The highest BCUT2D eigenvalue weighted by atomic mass is 19.1. The predicted molar refractivity (Wildman–Crippen MR) is 79.1 cm³/mol. The van der Waals surface area contributed by atoms with Crippen molar-refractivity contribution >= 4 is 5.91 Å². The molecule has 0 unspecified atom stereocenters. The van der Waals surface area contributed by atoms with Gasteiger partial charge in [-0.05, 0) is 30.3 Å². The van der Waals surface area contributed by atoms with Crippen molar-refractivity contribution < 1.29 is 27.5 Å². The molecule has 124 valence electrons. The number of hydrogen-bond acceptors (Lipinski definition) is 4. The molecule has 2 N–H and O–H groups in total. The number of halogens is 2. The number of hydrogen-bond donors (Lipinski definition) is 2. The summed E-state index contributed by atoms with van der Waals surface area (Å²) < 4.78 is 37.5. The second-order valence-electron chi connectivity index (χ2n) is 5.13. The zero-order valence-corrected chi connectivity index (χ0v) is 12.3. The molecule has 0 aliphatic heterocycles. The highest BCUT2D eigenvalue weighted by Gasteiger charge is 2.36. The molecule has 0 aliphatic carbocycles. The maximum Gasteiger partial charge on any atom is 0.257 e. The smallest absolute Gasteiger partial charge is 0.257 e. The topological polar surface area (TPSA) is 75.6 Å². The van der Waals surface area contributed by atoms with Gasteiger partial charge >= 0.3 is 0 Å². The second kappa shape index (κ2) is 6.29. The van der Waals surface area contributed by atoms with Crippen molar-refractivity contribution in [2.24, 2.45) is 0 Å². The Morgan fingerprint density at radius 3 is 2.46 bits per heavy atom. The third kappa shape index (κ3) is 2.81. The second-order valence-corrected chi connectivity index (χ2v) is 5.13. The molecule has 1 atom stereocenters. The molecule has 0 radical (unpaired) electrons. The van der Waals surface area contributed by atoms with Gasteiger partial charge in [0, 0.05) is 5.56 Å². The van der Waals surface area contributed by atoms with Gasteiger partial charge in [-0.25, -0.2) is 8.78 Å². The van der Waals surface area contributed by atoms with Gasteiger partial charge in [0.2, 0.25) is 0 Å². The van der Waals surface area contributed by atoms with Crippen LogP contribution >= 0.6 is 0 Å². The molecule has 5 nitrogen and oxygen atoms in total. The van der Waals surface area contributed by atoms with Crippen molar-refractivity contribution in [1.82, 2.24) is 5.32 Å². The first-order chi connectivity index (χ1) is 11.5. The van der Waals surface area contributed by atoms with Crippen molar-refractivity contribution in [3.8, 4) is 0 Å². The van der Waals surface area contributed by atoms with Gasteiger partial charge in [-0.1, -0.05) is 6.07 Å². The van der Waals surface area contributed by atoms with Crippen molar-refractivity contribution in [2.45, 2.75) is 5.60 Å². The van der Waals surface area contributed by atoms with E-state index in [0.717, 1.165) is 18.2 Å². The standard InChI is InChI=1S/C17H13F2NO4/c18-12-3-1-4-13(19)15(12)16(21)20-10-17(22,11-6-8-23-9-11)14-5-2-7-24-14/h1-9,22H,10H2,(H,20,21)/t17-/m0/s1. The van der Waals surface area contributed by atoms with E-state index in [4.69, 9.17) is 8.83 Å². The number of benzene rings is 1. The molecule has 24 heavy (non-hydrogen) atoms. The fourth-order valence-corrected chi connectivity index (χ4v) is 2.36. The Bertz CT molecular complexity index is 774. The Kier molecular flexibility index (Phi) is 4.18. The van der Waals surface area contributed by atoms with E-state index in [9.17, 15) is 18.7 Å². The molecule has 3 aromatic rings. The van der Waals surface area contributed by atoms with Gasteiger partial charge < -0.3 is 19.3 Å². The number of carbonyl (C=O) groups is 1. The molecule has 7 heteroatoms. The molecule has 2 heterocycles. The summed E-state index contributed by atoms with van der Waals surface area (Å²) in [4.78, 5) is 12.1. The summed E-state index contributed by atoms with van der Waals surface area (Å²) >= 11 is 0. The lowest BCUT2D eigenvalue weighted by Gasteiger charge is -2.25. The van der Waals surface area contributed by atoms with Crippen LogP contribution in [-0.4, -0.2) is 17.6 Å². The van der Waals surface area contributed by atoms with E-state index in [-0.39, 0.29) is 12.3 Å². The number of rotatable bonds is 5. The minimum atomic E-state index is -1.74.